The first kappa shape index (κ1) is 17.4. The predicted octanol–water partition coefficient (Wildman–Crippen LogP) is 2.62. The van der Waals surface area contributed by atoms with Crippen molar-refractivity contribution in [2.45, 2.75) is 52.3 Å². The van der Waals surface area contributed by atoms with Crippen molar-refractivity contribution >= 4 is 5.91 Å². The van der Waals surface area contributed by atoms with E-state index in [0.29, 0.717) is 12.1 Å². The van der Waals surface area contributed by atoms with Crippen molar-refractivity contribution in [1.29, 1.82) is 0 Å². The van der Waals surface area contributed by atoms with Gasteiger partial charge in [-0.25, -0.2) is 4.39 Å². The monoisotopic (exact) mass is 296 g/mol. The Morgan fingerprint density at radius 3 is 2.67 bits per heavy atom. The molecule has 0 aliphatic heterocycles. The Bertz CT molecular complexity index is 489. The Morgan fingerprint density at radius 2 is 2.10 bits per heavy atom. The molecule has 1 atom stereocenters. The zero-order valence-corrected chi connectivity index (χ0v) is 13.4. The number of nitrogens with one attached hydrogen (secondary N) is 2. The predicted molar refractivity (Wildman–Crippen MR) is 81.8 cm³/mol. The van der Waals surface area contributed by atoms with Crippen LogP contribution < -0.4 is 15.4 Å². The molecule has 1 rings (SSSR count). The lowest BCUT2D eigenvalue weighted by Crippen LogP contribution is -2.48. The molecule has 0 aliphatic carbocycles. The molecule has 0 saturated heterocycles. The van der Waals surface area contributed by atoms with E-state index >= 15 is 0 Å². The SMILES string of the molecule is CCC(C)(C)NC(=O)C(C)Oc1c(F)cccc1CNC. The smallest absolute Gasteiger partial charge is 0.261 e. The molecular weight excluding hydrogens is 271 g/mol. The summed E-state index contributed by atoms with van der Waals surface area (Å²) in [7, 11) is 1.77. The van der Waals surface area contributed by atoms with Crippen molar-refractivity contribution in [3.63, 3.8) is 0 Å². The van der Waals surface area contributed by atoms with Crippen molar-refractivity contribution < 1.29 is 13.9 Å². The summed E-state index contributed by atoms with van der Waals surface area (Å²) in [6.45, 7) is 7.96. The number of rotatable bonds is 7. The van der Waals surface area contributed by atoms with Gasteiger partial charge in [0.05, 0.1) is 0 Å². The number of carbonyl (C=O) groups excluding carboxylic acids is 1. The van der Waals surface area contributed by atoms with Crippen LogP contribution in [0.5, 0.6) is 5.75 Å². The minimum Gasteiger partial charge on any atom is -0.477 e. The van der Waals surface area contributed by atoms with E-state index in [9.17, 15) is 9.18 Å². The third-order valence-electron chi connectivity index (χ3n) is 3.43. The Balaban J connectivity index is 2.83. The highest BCUT2D eigenvalue weighted by molar-refractivity contribution is 5.81. The van der Waals surface area contributed by atoms with E-state index in [1.54, 1.807) is 26.1 Å². The number of hydrogen-bond donors (Lipinski definition) is 2. The molecule has 0 bridgehead atoms. The lowest BCUT2D eigenvalue weighted by Gasteiger charge is -2.27. The summed E-state index contributed by atoms with van der Waals surface area (Å²) in [5, 5.41) is 5.85. The van der Waals surface area contributed by atoms with E-state index in [2.05, 4.69) is 10.6 Å². The fourth-order valence-corrected chi connectivity index (χ4v) is 1.77. The Labute approximate surface area is 126 Å². The van der Waals surface area contributed by atoms with Crippen LogP contribution in [0.25, 0.3) is 0 Å². The summed E-state index contributed by atoms with van der Waals surface area (Å²) < 4.78 is 19.5. The molecule has 0 aromatic heterocycles. The maximum absolute atomic E-state index is 13.9. The summed E-state index contributed by atoms with van der Waals surface area (Å²) >= 11 is 0. The largest absolute Gasteiger partial charge is 0.477 e. The van der Waals surface area contributed by atoms with Crippen molar-refractivity contribution in [2.24, 2.45) is 0 Å². The fraction of sp³-hybridized carbons (Fsp3) is 0.562. The summed E-state index contributed by atoms with van der Waals surface area (Å²) in [6, 6.07) is 4.73. The van der Waals surface area contributed by atoms with E-state index in [1.165, 1.54) is 6.07 Å². The molecule has 0 aliphatic rings. The molecule has 0 fully saturated rings. The molecule has 1 aromatic carbocycles. The highest BCUT2D eigenvalue weighted by Gasteiger charge is 2.24. The highest BCUT2D eigenvalue weighted by Crippen LogP contribution is 2.24. The van der Waals surface area contributed by atoms with Gasteiger partial charge in [0, 0.05) is 17.6 Å². The summed E-state index contributed by atoms with van der Waals surface area (Å²) in [5.74, 6) is -0.582. The second-order valence-electron chi connectivity index (χ2n) is 5.75. The Morgan fingerprint density at radius 1 is 1.43 bits per heavy atom. The lowest BCUT2D eigenvalue weighted by atomic mass is 10.0. The van der Waals surface area contributed by atoms with Crippen molar-refractivity contribution in [3.05, 3.63) is 29.6 Å². The van der Waals surface area contributed by atoms with Gasteiger partial charge in [-0.2, -0.15) is 0 Å². The molecule has 0 heterocycles. The fourth-order valence-electron chi connectivity index (χ4n) is 1.77. The molecule has 0 spiro atoms. The third-order valence-corrected chi connectivity index (χ3v) is 3.43. The van der Waals surface area contributed by atoms with Crippen LogP contribution in [0.15, 0.2) is 18.2 Å². The summed E-state index contributed by atoms with van der Waals surface area (Å²) in [4.78, 5) is 12.1. The third kappa shape index (κ3) is 5.01. The van der Waals surface area contributed by atoms with Crippen LogP contribution in [0.4, 0.5) is 4.39 Å². The molecule has 21 heavy (non-hydrogen) atoms. The topological polar surface area (TPSA) is 50.4 Å². The molecule has 0 saturated carbocycles. The second-order valence-corrected chi connectivity index (χ2v) is 5.75. The number of carbonyl (C=O) groups is 1. The van der Waals surface area contributed by atoms with E-state index in [0.717, 1.165) is 6.42 Å². The molecule has 0 radical (unpaired) electrons. The van der Waals surface area contributed by atoms with Gasteiger partial charge >= 0.3 is 0 Å². The Hall–Kier alpha value is -1.62. The molecule has 1 amide bonds. The van der Waals surface area contributed by atoms with Crippen LogP contribution >= 0.6 is 0 Å². The van der Waals surface area contributed by atoms with Crippen LogP contribution in [0.2, 0.25) is 0 Å². The first-order valence-electron chi connectivity index (χ1n) is 7.21. The van der Waals surface area contributed by atoms with Gasteiger partial charge < -0.3 is 15.4 Å². The molecule has 2 N–H and O–H groups in total. The minimum atomic E-state index is -0.761. The normalized spacial score (nSPS) is 12.9. The van der Waals surface area contributed by atoms with Gasteiger partial charge in [-0.3, -0.25) is 4.79 Å². The van der Waals surface area contributed by atoms with E-state index in [-0.39, 0.29) is 17.2 Å². The summed E-state index contributed by atoms with van der Waals surface area (Å²) in [6.07, 6.45) is 0.0409. The van der Waals surface area contributed by atoms with Gasteiger partial charge in [-0.05, 0) is 40.3 Å². The molecule has 1 aromatic rings. The zero-order valence-electron chi connectivity index (χ0n) is 13.4. The first-order valence-corrected chi connectivity index (χ1v) is 7.21. The average molecular weight is 296 g/mol. The number of para-hydroxylation sites is 1. The molecule has 4 nitrogen and oxygen atoms in total. The van der Waals surface area contributed by atoms with E-state index < -0.39 is 11.9 Å². The van der Waals surface area contributed by atoms with Crippen LogP contribution in [0, 0.1) is 5.82 Å². The maximum atomic E-state index is 13.9. The summed E-state index contributed by atoms with van der Waals surface area (Å²) in [5.41, 5.74) is 0.379. The number of amides is 1. The van der Waals surface area contributed by atoms with Gasteiger partial charge in [-0.1, -0.05) is 19.1 Å². The van der Waals surface area contributed by atoms with Crippen molar-refractivity contribution in [3.8, 4) is 5.75 Å². The number of halogens is 1. The van der Waals surface area contributed by atoms with E-state index in [4.69, 9.17) is 4.74 Å². The molecule has 5 heteroatoms. The quantitative estimate of drug-likeness (QED) is 0.813. The van der Waals surface area contributed by atoms with Crippen LogP contribution in [-0.2, 0) is 11.3 Å². The average Bonchev–Trinajstić information content (AvgIpc) is 2.42. The lowest BCUT2D eigenvalue weighted by molar-refractivity contribution is -0.129. The van der Waals surface area contributed by atoms with Gasteiger partial charge in [-0.15, -0.1) is 0 Å². The zero-order chi connectivity index (χ0) is 16.0. The van der Waals surface area contributed by atoms with Gasteiger partial charge in [0.25, 0.3) is 5.91 Å². The van der Waals surface area contributed by atoms with Gasteiger partial charge in [0.1, 0.15) is 0 Å². The molecule has 1 unspecified atom stereocenters. The van der Waals surface area contributed by atoms with Crippen LogP contribution in [0.1, 0.15) is 39.7 Å². The van der Waals surface area contributed by atoms with Crippen LogP contribution in [-0.4, -0.2) is 24.6 Å². The first-order chi connectivity index (χ1) is 9.80. The minimum absolute atomic E-state index is 0.129. The standard InChI is InChI=1S/C16H25FN2O2/c1-6-16(3,4)19-15(20)11(2)21-14-12(10-18-5)8-7-9-13(14)17/h7-9,11,18H,6,10H2,1-5H3,(H,19,20). The van der Waals surface area contributed by atoms with Crippen LogP contribution in [0.3, 0.4) is 0 Å². The number of benzene rings is 1. The van der Waals surface area contributed by atoms with E-state index in [1.807, 2.05) is 20.8 Å². The molecule has 118 valence electrons. The highest BCUT2D eigenvalue weighted by atomic mass is 19.1. The van der Waals surface area contributed by atoms with Gasteiger partial charge in [0.15, 0.2) is 17.7 Å². The van der Waals surface area contributed by atoms with Crippen molar-refractivity contribution in [2.75, 3.05) is 7.05 Å². The van der Waals surface area contributed by atoms with Gasteiger partial charge in [0.2, 0.25) is 0 Å². The number of ether oxygens (including phenoxy) is 1. The number of hydrogen-bond acceptors (Lipinski definition) is 3. The maximum Gasteiger partial charge on any atom is 0.261 e. The molecular formula is C16H25FN2O2. The van der Waals surface area contributed by atoms with Crippen molar-refractivity contribution in [1.82, 2.24) is 10.6 Å². The second kappa shape index (κ2) is 7.41. The Kier molecular flexibility index (Phi) is 6.15.